The maximum Gasteiger partial charge on any atom is 0.260 e. The molecule has 7 heteroatoms. The summed E-state index contributed by atoms with van der Waals surface area (Å²) in [6, 6.07) is 15.8. The minimum atomic E-state index is -0.195. The van der Waals surface area contributed by atoms with Crippen molar-refractivity contribution in [3.8, 4) is 0 Å². The van der Waals surface area contributed by atoms with Crippen molar-refractivity contribution >= 4 is 28.8 Å². The highest BCUT2D eigenvalue weighted by molar-refractivity contribution is 5.84. The zero-order valence-corrected chi connectivity index (χ0v) is 14.9. The summed E-state index contributed by atoms with van der Waals surface area (Å²) in [5, 5.41) is 4.05. The number of nitrogens with zero attached hydrogens (tertiary/aromatic N) is 4. The fourth-order valence-corrected chi connectivity index (χ4v) is 3.10. The normalized spacial score (nSPS) is 14.7. The molecule has 0 atom stereocenters. The van der Waals surface area contributed by atoms with Gasteiger partial charge in [-0.15, -0.1) is 0 Å². The molecule has 4 rings (SSSR count). The van der Waals surface area contributed by atoms with Gasteiger partial charge < -0.3 is 14.2 Å². The number of carbonyl (C=O) groups excluding carboxylic acids is 1. The predicted octanol–water partition coefficient (Wildman–Crippen LogP) is 2.02. The first-order valence-electron chi connectivity index (χ1n) is 8.94. The Morgan fingerprint density at radius 3 is 2.74 bits per heavy atom. The van der Waals surface area contributed by atoms with Crippen LogP contribution in [0.1, 0.15) is 5.56 Å². The molecule has 1 saturated heterocycles. The van der Waals surface area contributed by atoms with Crippen LogP contribution in [0.15, 0.2) is 60.0 Å². The monoisotopic (exact) mass is 363 g/mol. The van der Waals surface area contributed by atoms with Crippen LogP contribution in [0.3, 0.4) is 0 Å². The first kappa shape index (κ1) is 17.2. The van der Waals surface area contributed by atoms with Crippen LogP contribution in [-0.4, -0.2) is 48.0 Å². The van der Waals surface area contributed by atoms with E-state index >= 15 is 0 Å². The summed E-state index contributed by atoms with van der Waals surface area (Å²) in [7, 11) is 0. The number of morpholine rings is 1. The van der Waals surface area contributed by atoms with Crippen LogP contribution < -0.4 is 10.3 Å². The fourth-order valence-electron chi connectivity index (χ4n) is 3.10. The van der Waals surface area contributed by atoms with Gasteiger partial charge in [0.25, 0.3) is 5.91 Å². The largest absolute Gasteiger partial charge is 0.378 e. The van der Waals surface area contributed by atoms with Crippen molar-refractivity contribution in [3.05, 3.63) is 60.4 Å². The number of nitrogens with one attached hydrogen (secondary N) is 1. The van der Waals surface area contributed by atoms with Gasteiger partial charge in [-0.05, 0) is 29.8 Å². The Morgan fingerprint density at radius 1 is 1.15 bits per heavy atom. The average Bonchev–Trinajstić information content (AvgIpc) is 3.12. The van der Waals surface area contributed by atoms with Gasteiger partial charge in [0.1, 0.15) is 6.54 Å². The molecule has 1 N–H and O–H groups in total. The molecular weight excluding hydrogens is 342 g/mol. The number of aromatic nitrogens is 2. The zero-order valence-electron chi connectivity index (χ0n) is 14.9. The van der Waals surface area contributed by atoms with E-state index in [9.17, 15) is 4.79 Å². The summed E-state index contributed by atoms with van der Waals surface area (Å²) in [5.41, 5.74) is 6.47. The minimum Gasteiger partial charge on any atom is -0.378 e. The Kier molecular flexibility index (Phi) is 5.11. The molecule has 0 aliphatic carbocycles. The van der Waals surface area contributed by atoms with Crippen LogP contribution >= 0.6 is 0 Å². The molecule has 0 bridgehead atoms. The third-order valence-corrected chi connectivity index (χ3v) is 4.51. The Hall–Kier alpha value is -3.19. The maximum atomic E-state index is 12.1. The molecule has 7 nitrogen and oxygen atoms in total. The third kappa shape index (κ3) is 4.15. The van der Waals surface area contributed by atoms with Gasteiger partial charge in [0.15, 0.2) is 0 Å². The molecular formula is C20H21N5O2. The lowest BCUT2D eigenvalue weighted by Crippen LogP contribution is -2.36. The van der Waals surface area contributed by atoms with Crippen molar-refractivity contribution in [3.63, 3.8) is 0 Å². The van der Waals surface area contributed by atoms with E-state index < -0.39 is 0 Å². The average molecular weight is 363 g/mol. The van der Waals surface area contributed by atoms with E-state index in [1.165, 1.54) is 5.69 Å². The van der Waals surface area contributed by atoms with E-state index in [1.54, 1.807) is 17.1 Å². The SMILES string of the molecule is O=C(Cn1cnc2ccccc21)N/N=C\c1ccc(N2CCOCC2)cc1. The molecule has 1 amide bonds. The molecule has 0 saturated carbocycles. The number of fused-ring (bicyclic) bond motifs is 1. The van der Waals surface area contributed by atoms with Gasteiger partial charge in [-0.2, -0.15) is 5.10 Å². The lowest BCUT2D eigenvalue weighted by atomic mass is 10.2. The summed E-state index contributed by atoms with van der Waals surface area (Å²) >= 11 is 0. The number of anilines is 1. The van der Waals surface area contributed by atoms with Crippen molar-refractivity contribution in [2.75, 3.05) is 31.2 Å². The molecule has 3 aromatic rings. The van der Waals surface area contributed by atoms with Crippen LogP contribution in [-0.2, 0) is 16.1 Å². The number of benzene rings is 2. The first-order chi connectivity index (χ1) is 13.3. The van der Waals surface area contributed by atoms with E-state index in [2.05, 4.69) is 32.5 Å². The smallest absolute Gasteiger partial charge is 0.260 e. The number of imidazole rings is 1. The molecule has 2 heterocycles. The highest BCUT2D eigenvalue weighted by Crippen LogP contribution is 2.16. The number of hydrogen-bond acceptors (Lipinski definition) is 5. The number of amides is 1. The predicted molar refractivity (Wildman–Crippen MR) is 105 cm³/mol. The molecule has 138 valence electrons. The molecule has 0 unspecified atom stereocenters. The Labute approximate surface area is 157 Å². The quantitative estimate of drug-likeness (QED) is 0.556. The molecule has 1 fully saturated rings. The van der Waals surface area contributed by atoms with Crippen LogP contribution in [0, 0.1) is 0 Å². The van der Waals surface area contributed by atoms with E-state index in [-0.39, 0.29) is 12.5 Å². The van der Waals surface area contributed by atoms with E-state index in [0.29, 0.717) is 0 Å². The van der Waals surface area contributed by atoms with E-state index in [0.717, 1.165) is 42.9 Å². The summed E-state index contributed by atoms with van der Waals surface area (Å²) in [6.07, 6.45) is 3.31. The second kappa shape index (κ2) is 8.01. The zero-order chi connectivity index (χ0) is 18.5. The highest BCUT2D eigenvalue weighted by atomic mass is 16.5. The Balaban J connectivity index is 1.32. The lowest BCUT2D eigenvalue weighted by Gasteiger charge is -2.28. The summed E-state index contributed by atoms with van der Waals surface area (Å²) in [4.78, 5) is 18.7. The molecule has 1 aromatic heterocycles. The van der Waals surface area contributed by atoms with Gasteiger partial charge in [-0.1, -0.05) is 24.3 Å². The number of hydrazone groups is 1. The molecule has 0 spiro atoms. The Bertz CT molecular complexity index is 942. The lowest BCUT2D eigenvalue weighted by molar-refractivity contribution is -0.121. The van der Waals surface area contributed by atoms with Crippen molar-refractivity contribution in [1.29, 1.82) is 0 Å². The van der Waals surface area contributed by atoms with Crippen molar-refractivity contribution in [1.82, 2.24) is 15.0 Å². The topological polar surface area (TPSA) is 71.8 Å². The van der Waals surface area contributed by atoms with Crippen molar-refractivity contribution in [2.24, 2.45) is 5.10 Å². The molecule has 2 aromatic carbocycles. The minimum absolute atomic E-state index is 0.174. The highest BCUT2D eigenvalue weighted by Gasteiger charge is 2.10. The number of hydrogen-bond donors (Lipinski definition) is 1. The van der Waals surface area contributed by atoms with E-state index in [1.807, 2.05) is 36.4 Å². The Morgan fingerprint density at radius 2 is 1.93 bits per heavy atom. The van der Waals surface area contributed by atoms with Crippen LogP contribution in [0.2, 0.25) is 0 Å². The van der Waals surface area contributed by atoms with Crippen LogP contribution in [0.4, 0.5) is 5.69 Å². The maximum absolute atomic E-state index is 12.1. The molecule has 27 heavy (non-hydrogen) atoms. The number of para-hydroxylation sites is 2. The molecule has 1 aliphatic rings. The summed E-state index contributed by atoms with van der Waals surface area (Å²) < 4.78 is 7.18. The standard InChI is InChI=1S/C20H21N5O2/c26-20(14-25-15-21-18-3-1-2-4-19(18)25)23-22-13-16-5-7-17(8-6-16)24-9-11-27-12-10-24/h1-8,13,15H,9-12,14H2,(H,23,26)/b22-13-. The van der Waals surface area contributed by atoms with Crippen LogP contribution in [0.25, 0.3) is 11.0 Å². The fraction of sp³-hybridized carbons (Fsp3) is 0.250. The number of ether oxygens (including phenoxy) is 1. The summed E-state index contributed by atoms with van der Waals surface area (Å²) in [6.45, 7) is 3.52. The molecule has 0 radical (unpaired) electrons. The number of rotatable bonds is 5. The number of carbonyl (C=O) groups is 1. The second-order valence-corrected chi connectivity index (χ2v) is 6.35. The van der Waals surface area contributed by atoms with Gasteiger partial charge in [0, 0.05) is 18.8 Å². The van der Waals surface area contributed by atoms with Crippen molar-refractivity contribution < 1.29 is 9.53 Å². The second-order valence-electron chi connectivity index (χ2n) is 6.35. The van der Waals surface area contributed by atoms with Gasteiger partial charge in [0.05, 0.1) is 36.8 Å². The van der Waals surface area contributed by atoms with Gasteiger partial charge >= 0.3 is 0 Å². The first-order valence-corrected chi connectivity index (χ1v) is 8.94. The summed E-state index contributed by atoms with van der Waals surface area (Å²) in [5.74, 6) is -0.195. The van der Waals surface area contributed by atoms with Gasteiger partial charge in [0.2, 0.25) is 0 Å². The molecule has 1 aliphatic heterocycles. The van der Waals surface area contributed by atoms with Crippen molar-refractivity contribution in [2.45, 2.75) is 6.54 Å². The van der Waals surface area contributed by atoms with E-state index in [4.69, 9.17) is 4.74 Å². The van der Waals surface area contributed by atoms with Gasteiger partial charge in [-0.25, -0.2) is 10.4 Å². The van der Waals surface area contributed by atoms with Gasteiger partial charge in [-0.3, -0.25) is 4.79 Å². The van der Waals surface area contributed by atoms with Crippen LogP contribution in [0.5, 0.6) is 0 Å². The third-order valence-electron chi connectivity index (χ3n) is 4.51.